The second kappa shape index (κ2) is 5.08. The summed E-state index contributed by atoms with van der Waals surface area (Å²) in [5.74, 6) is 0.342. The lowest BCUT2D eigenvalue weighted by atomic mass is 9.71. The Morgan fingerprint density at radius 1 is 1.29 bits per heavy atom. The molecule has 0 radical (unpaired) electrons. The molecule has 1 aliphatic carbocycles. The van der Waals surface area contributed by atoms with E-state index in [0.29, 0.717) is 5.78 Å². The largest absolute Gasteiger partial charge is 0.307 e. The van der Waals surface area contributed by atoms with E-state index in [1.807, 2.05) is 6.79 Å². The highest BCUT2D eigenvalue weighted by atomic mass is 16.1. The summed E-state index contributed by atoms with van der Waals surface area (Å²) in [4.78, 5) is 19.4. The summed E-state index contributed by atoms with van der Waals surface area (Å²) in [7, 11) is 0. The molecule has 0 saturated heterocycles. The van der Waals surface area contributed by atoms with Crippen molar-refractivity contribution < 1.29 is 9.59 Å². The van der Waals surface area contributed by atoms with Crippen molar-refractivity contribution in [3.8, 4) is 0 Å². The van der Waals surface area contributed by atoms with Gasteiger partial charge in [0, 0.05) is 5.41 Å². The van der Waals surface area contributed by atoms with Crippen molar-refractivity contribution in [2.45, 2.75) is 47.0 Å². The first-order valence-corrected chi connectivity index (χ1v) is 4.91. The molecular weight excluding hydrogens is 176 g/mol. The zero-order valence-electron chi connectivity index (χ0n) is 9.64. The van der Waals surface area contributed by atoms with Gasteiger partial charge in [-0.15, -0.1) is 0 Å². The molecule has 2 heteroatoms. The summed E-state index contributed by atoms with van der Waals surface area (Å²) in [6.07, 6.45) is 3.10. The van der Waals surface area contributed by atoms with Crippen LogP contribution in [0.4, 0.5) is 0 Å². The molecule has 1 atom stereocenters. The molecule has 0 N–H and O–H groups in total. The number of hydrogen-bond donors (Lipinski definition) is 0. The van der Waals surface area contributed by atoms with Gasteiger partial charge in [0.1, 0.15) is 12.6 Å². The quantitative estimate of drug-likeness (QED) is 0.604. The summed E-state index contributed by atoms with van der Waals surface area (Å²) in [5, 5.41) is 0. The molecule has 80 valence electrons. The minimum atomic E-state index is -0.0659. The maximum absolute atomic E-state index is 11.4. The van der Waals surface area contributed by atoms with E-state index < -0.39 is 0 Å². The van der Waals surface area contributed by atoms with Gasteiger partial charge in [-0.1, -0.05) is 18.1 Å². The Labute approximate surface area is 86.4 Å². The molecule has 0 aromatic heterocycles. The zero-order valence-corrected chi connectivity index (χ0v) is 9.64. The molecule has 0 aliphatic heterocycles. The highest BCUT2D eigenvalue weighted by molar-refractivity contribution is 5.82. The SMILES string of the molecule is C=O.CC(=O)C1(C)CCC(C)=C(C)C1. The fraction of sp³-hybridized carbons (Fsp3) is 0.667. The molecule has 0 bridgehead atoms. The normalized spacial score (nSPS) is 26.6. The van der Waals surface area contributed by atoms with Gasteiger partial charge in [-0.25, -0.2) is 0 Å². The summed E-state index contributed by atoms with van der Waals surface area (Å²) in [5.41, 5.74) is 2.83. The van der Waals surface area contributed by atoms with Crippen LogP contribution in [0.3, 0.4) is 0 Å². The summed E-state index contributed by atoms with van der Waals surface area (Å²) in [6.45, 7) is 10.1. The fourth-order valence-electron chi connectivity index (χ4n) is 1.80. The minimum absolute atomic E-state index is 0.0659. The molecule has 1 rings (SSSR count). The van der Waals surface area contributed by atoms with Crippen LogP contribution in [0.2, 0.25) is 0 Å². The standard InChI is InChI=1S/C11H18O.CH2O/c1-8-5-6-11(4,10(3)12)7-9(8)2;1-2/h5-7H2,1-4H3;1H2. The van der Waals surface area contributed by atoms with E-state index in [1.165, 1.54) is 11.1 Å². The van der Waals surface area contributed by atoms with Gasteiger partial charge in [0.05, 0.1) is 0 Å². The highest BCUT2D eigenvalue weighted by Crippen LogP contribution is 2.39. The van der Waals surface area contributed by atoms with E-state index >= 15 is 0 Å². The maximum atomic E-state index is 11.4. The Hall–Kier alpha value is -0.920. The van der Waals surface area contributed by atoms with Crippen molar-refractivity contribution in [1.29, 1.82) is 0 Å². The summed E-state index contributed by atoms with van der Waals surface area (Å²) in [6, 6.07) is 0. The average Bonchev–Trinajstić information content (AvgIpc) is 2.15. The van der Waals surface area contributed by atoms with Crippen LogP contribution < -0.4 is 0 Å². The van der Waals surface area contributed by atoms with Crippen LogP contribution in [-0.2, 0) is 9.59 Å². The van der Waals surface area contributed by atoms with Crippen LogP contribution in [-0.4, -0.2) is 12.6 Å². The Morgan fingerprint density at radius 2 is 1.79 bits per heavy atom. The van der Waals surface area contributed by atoms with Gasteiger partial charge in [-0.3, -0.25) is 4.79 Å². The van der Waals surface area contributed by atoms with Gasteiger partial charge in [0.2, 0.25) is 0 Å². The average molecular weight is 196 g/mol. The van der Waals surface area contributed by atoms with E-state index in [4.69, 9.17) is 4.79 Å². The van der Waals surface area contributed by atoms with Gasteiger partial charge in [0.25, 0.3) is 0 Å². The zero-order chi connectivity index (χ0) is 11.4. The number of rotatable bonds is 1. The van der Waals surface area contributed by atoms with Crippen molar-refractivity contribution in [3.05, 3.63) is 11.1 Å². The smallest absolute Gasteiger partial charge is 0.136 e. The van der Waals surface area contributed by atoms with Crippen molar-refractivity contribution >= 4 is 12.6 Å². The maximum Gasteiger partial charge on any atom is 0.136 e. The molecule has 2 nitrogen and oxygen atoms in total. The predicted octanol–water partition coefficient (Wildman–Crippen LogP) is 2.92. The molecule has 14 heavy (non-hydrogen) atoms. The molecule has 0 aromatic carbocycles. The number of Topliss-reactive ketones (excluding diaryl/α,β-unsaturated/α-hetero) is 1. The van der Waals surface area contributed by atoms with Gasteiger partial charge in [0.15, 0.2) is 0 Å². The first kappa shape index (κ1) is 13.1. The summed E-state index contributed by atoms with van der Waals surface area (Å²) < 4.78 is 0. The van der Waals surface area contributed by atoms with Gasteiger partial charge < -0.3 is 4.79 Å². The molecule has 0 spiro atoms. The van der Waals surface area contributed by atoms with E-state index in [-0.39, 0.29) is 5.41 Å². The van der Waals surface area contributed by atoms with Crippen molar-refractivity contribution in [2.24, 2.45) is 5.41 Å². The van der Waals surface area contributed by atoms with Crippen LogP contribution in [0.5, 0.6) is 0 Å². The number of carbonyl (C=O) groups excluding carboxylic acids is 2. The number of allylic oxidation sites excluding steroid dienone is 2. The van der Waals surface area contributed by atoms with E-state index in [2.05, 4.69) is 20.8 Å². The highest BCUT2D eigenvalue weighted by Gasteiger charge is 2.32. The van der Waals surface area contributed by atoms with E-state index in [9.17, 15) is 4.79 Å². The van der Waals surface area contributed by atoms with Crippen LogP contribution in [0.15, 0.2) is 11.1 Å². The minimum Gasteiger partial charge on any atom is -0.307 e. The topological polar surface area (TPSA) is 34.1 Å². The van der Waals surface area contributed by atoms with Crippen molar-refractivity contribution in [1.82, 2.24) is 0 Å². The third-order valence-electron chi connectivity index (χ3n) is 3.29. The third-order valence-corrected chi connectivity index (χ3v) is 3.29. The third kappa shape index (κ3) is 2.79. The lowest BCUT2D eigenvalue weighted by molar-refractivity contribution is -0.126. The lowest BCUT2D eigenvalue weighted by Crippen LogP contribution is -2.28. The predicted molar refractivity (Wildman–Crippen MR) is 58.1 cm³/mol. The number of ketones is 1. The van der Waals surface area contributed by atoms with E-state index in [1.54, 1.807) is 6.92 Å². The molecular formula is C12H20O2. The first-order valence-electron chi connectivity index (χ1n) is 4.91. The molecule has 0 heterocycles. The first-order chi connectivity index (χ1) is 6.46. The molecule has 0 aromatic rings. The Kier molecular flexibility index (Phi) is 4.75. The van der Waals surface area contributed by atoms with Gasteiger partial charge in [-0.05, 0) is 40.0 Å². The van der Waals surface area contributed by atoms with Gasteiger partial charge in [-0.2, -0.15) is 0 Å². The Balaban J connectivity index is 0.000000791. The monoisotopic (exact) mass is 196 g/mol. The van der Waals surface area contributed by atoms with Crippen LogP contribution >= 0.6 is 0 Å². The molecule has 0 saturated carbocycles. The Bertz CT molecular complexity index is 253. The summed E-state index contributed by atoms with van der Waals surface area (Å²) >= 11 is 0. The Morgan fingerprint density at radius 3 is 2.14 bits per heavy atom. The number of hydrogen-bond acceptors (Lipinski definition) is 2. The second-order valence-corrected chi connectivity index (χ2v) is 4.35. The second-order valence-electron chi connectivity index (χ2n) is 4.35. The van der Waals surface area contributed by atoms with Crippen LogP contribution in [0.1, 0.15) is 47.0 Å². The molecule has 1 aliphatic rings. The van der Waals surface area contributed by atoms with Crippen molar-refractivity contribution in [2.75, 3.05) is 0 Å². The number of carbonyl (C=O) groups is 2. The molecule has 0 fully saturated rings. The lowest BCUT2D eigenvalue weighted by Gasteiger charge is -2.32. The van der Waals surface area contributed by atoms with Crippen LogP contribution in [0.25, 0.3) is 0 Å². The van der Waals surface area contributed by atoms with Crippen LogP contribution in [0, 0.1) is 5.41 Å². The molecule has 1 unspecified atom stereocenters. The van der Waals surface area contributed by atoms with Gasteiger partial charge >= 0.3 is 0 Å². The van der Waals surface area contributed by atoms with Crippen molar-refractivity contribution in [3.63, 3.8) is 0 Å². The van der Waals surface area contributed by atoms with E-state index in [0.717, 1.165) is 19.3 Å². The fourth-order valence-corrected chi connectivity index (χ4v) is 1.80. The molecule has 0 amide bonds.